The highest BCUT2D eigenvalue weighted by molar-refractivity contribution is 5.97. The van der Waals surface area contributed by atoms with E-state index in [2.05, 4.69) is 5.32 Å². The molecule has 0 saturated carbocycles. The normalized spacial score (nSPS) is 11.8. The van der Waals surface area contributed by atoms with E-state index in [1.54, 1.807) is 45.4 Å². The molecule has 0 heterocycles. The zero-order valence-electron chi connectivity index (χ0n) is 18.2. The number of para-hydroxylation sites is 1. The molecule has 30 heavy (non-hydrogen) atoms. The first kappa shape index (κ1) is 23.0. The van der Waals surface area contributed by atoms with E-state index in [1.807, 2.05) is 32.0 Å². The topological polar surface area (TPSA) is 73.9 Å². The minimum Gasteiger partial charge on any atom is -0.493 e. The first-order valence-corrected chi connectivity index (χ1v) is 9.95. The van der Waals surface area contributed by atoms with Crippen molar-refractivity contribution in [3.05, 3.63) is 59.2 Å². The second-order valence-corrected chi connectivity index (χ2v) is 6.67. The van der Waals surface area contributed by atoms with Crippen LogP contribution in [-0.4, -0.2) is 32.2 Å². The number of rotatable bonds is 9. The van der Waals surface area contributed by atoms with Gasteiger partial charge in [0, 0.05) is 11.8 Å². The van der Waals surface area contributed by atoms with Gasteiger partial charge in [-0.15, -0.1) is 0 Å². The van der Waals surface area contributed by atoms with Crippen LogP contribution in [0.5, 0.6) is 11.5 Å². The van der Waals surface area contributed by atoms with Gasteiger partial charge in [0.15, 0.2) is 17.6 Å². The van der Waals surface area contributed by atoms with Crippen LogP contribution in [0.1, 0.15) is 37.5 Å². The maximum absolute atomic E-state index is 12.6. The zero-order valence-corrected chi connectivity index (χ0v) is 18.2. The smallest absolute Gasteiger partial charge is 0.331 e. The molecule has 1 N–H and O–H groups in total. The quantitative estimate of drug-likeness (QED) is 0.489. The Balaban J connectivity index is 2.02. The van der Waals surface area contributed by atoms with Crippen LogP contribution in [0.4, 0.5) is 5.69 Å². The lowest BCUT2D eigenvalue weighted by atomic mass is 10.0. The number of carbonyl (C=O) groups excluding carboxylic acids is 2. The third kappa shape index (κ3) is 5.86. The Kier molecular flexibility index (Phi) is 8.47. The third-order valence-electron chi connectivity index (χ3n) is 4.73. The predicted molar refractivity (Wildman–Crippen MR) is 118 cm³/mol. The molecule has 1 atom stereocenters. The van der Waals surface area contributed by atoms with Gasteiger partial charge in [-0.1, -0.05) is 38.1 Å². The van der Waals surface area contributed by atoms with Gasteiger partial charge in [0.25, 0.3) is 5.91 Å². The summed E-state index contributed by atoms with van der Waals surface area (Å²) in [6, 6.07) is 11.2. The fourth-order valence-electron chi connectivity index (χ4n) is 3.02. The summed E-state index contributed by atoms with van der Waals surface area (Å²) in [5.41, 5.74) is 3.64. The number of methoxy groups -OCH3 is 2. The molecule has 0 unspecified atom stereocenters. The van der Waals surface area contributed by atoms with Crippen molar-refractivity contribution in [1.82, 2.24) is 0 Å². The number of anilines is 1. The minimum atomic E-state index is -0.929. The molecule has 0 aromatic heterocycles. The number of nitrogens with one attached hydrogen (secondary N) is 1. The second-order valence-electron chi connectivity index (χ2n) is 6.67. The first-order chi connectivity index (χ1) is 14.4. The molecule has 0 bridgehead atoms. The van der Waals surface area contributed by atoms with Gasteiger partial charge in [0.05, 0.1) is 14.2 Å². The number of amides is 1. The Labute approximate surface area is 177 Å². The highest BCUT2D eigenvalue weighted by Gasteiger charge is 2.19. The van der Waals surface area contributed by atoms with Crippen LogP contribution in [-0.2, 0) is 27.2 Å². The summed E-state index contributed by atoms with van der Waals surface area (Å²) in [7, 11) is 3.10. The summed E-state index contributed by atoms with van der Waals surface area (Å²) in [6.07, 6.45) is 3.54. The highest BCUT2D eigenvalue weighted by atomic mass is 16.5. The van der Waals surface area contributed by atoms with Crippen molar-refractivity contribution < 1.29 is 23.8 Å². The molecule has 0 radical (unpaired) electrons. The number of aryl methyl sites for hydroxylation is 2. The lowest BCUT2D eigenvalue weighted by Gasteiger charge is -2.17. The number of carbonyl (C=O) groups is 2. The average molecular weight is 411 g/mol. The van der Waals surface area contributed by atoms with E-state index in [4.69, 9.17) is 14.2 Å². The van der Waals surface area contributed by atoms with E-state index in [9.17, 15) is 9.59 Å². The fourth-order valence-corrected chi connectivity index (χ4v) is 3.02. The lowest BCUT2D eigenvalue weighted by Crippen LogP contribution is -2.30. The van der Waals surface area contributed by atoms with Crippen LogP contribution in [0.3, 0.4) is 0 Å². The molecule has 2 aromatic rings. The zero-order chi connectivity index (χ0) is 22.1. The monoisotopic (exact) mass is 411 g/mol. The maximum Gasteiger partial charge on any atom is 0.331 e. The molecule has 0 saturated heterocycles. The van der Waals surface area contributed by atoms with Crippen molar-refractivity contribution >= 4 is 23.6 Å². The summed E-state index contributed by atoms with van der Waals surface area (Å²) < 4.78 is 15.7. The van der Waals surface area contributed by atoms with Crippen molar-refractivity contribution in [3.8, 4) is 11.5 Å². The van der Waals surface area contributed by atoms with Crippen LogP contribution in [0.2, 0.25) is 0 Å². The van der Waals surface area contributed by atoms with E-state index in [0.717, 1.165) is 35.2 Å². The van der Waals surface area contributed by atoms with Gasteiger partial charge in [-0.25, -0.2) is 4.79 Å². The Morgan fingerprint density at radius 1 is 1.00 bits per heavy atom. The average Bonchev–Trinajstić information content (AvgIpc) is 2.77. The van der Waals surface area contributed by atoms with Crippen LogP contribution < -0.4 is 14.8 Å². The van der Waals surface area contributed by atoms with Gasteiger partial charge in [0.2, 0.25) is 0 Å². The summed E-state index contributed by atoms with van der Waals surface area (Å²) in [4.78, 5) is 24.7. The van der Waals surface area contributed by atoms with Gasteiger partial charge < -0.3 is 19.5 Å². The van der Waals surface area contributed by atoms with Crippen molar-refractivity contribution in [2.75, 3.05) is 19.5 Å². The fraction of sp³-hybridized carbons (Fsp3) is 0.333. The van der Waals surface area contributed by atoms with Crippen molar-refractivity contribution in [3.63, 3.8) is 0 Å². The standard InChI is InChI=1S/C24H29NO5/c1-6-18-9-8-10-19(7-2)23(18)25-24(27)16(3)30-22(26)14-12-17-11-13-20(28-4)21(15-17)29-5/h8-16H,6-7H2,1-5H3,(H,25,27)/b14-12+/t16-/m1/s1. The number of hydrogen-bond acceptors (Lipinski definition) is 5. The van der Waals surface area contributed by atoms with E-state index in [1.165, 1.54) is 6.08 Å². The number of esters is 1. The van der Waals surface area contributed by atoms with Crippen LogP contribution in [0.15, 0.2) is 42.5 Å². The number of benzene rings is 2. The van der Waals surface area contributed by atoms with Gasteiger partial charge in [-0.3, -0.25) is 4.79 Å². The summed E-state index contributed by atoms with van der Waals surface area (Å²) >= 11 is 0. The van der Waals surface area contributed by atoms with E-state index < -0.39 is 12.1 Å². The van der Waals surface area contributed by atoms with Crippen LogP contribution >= 0.6 is 0 Å². The van der Waals surface area contributed by atoms with Gasteiger partial charge in [-0.2, -0.15) is 0 Å². The van der Waals surface area contributed by atoms with Crippen molar-refractivity contribution in [2.45, 2.75) is 39.7 Å². The van der Waals surface area contributed by atoms with Gasteiger partial charge in [0.1, 0.15) is 0 Å². The predicted octanol–water partition coefficient (Wildman–Crippen LogP) is 4.41. The Morgan fingerprint density at radius 3 is 2.20 bits per heavy atom. The largest absolute Gasteiger partial charge is 0.493 e. The SMILES string of the molecule is CCc1cccc(CC)c1NC(=O)[C@@H](C)OC(=O)/C=C/c1ccc(OC)c(OC)c1. The third-order valence-corrected chi connectivity index (χ3v) is 4.73. The molecule has 2 aromatic carbocycles. The molecule has 1 amide bonds. The molecule has 0 fully saturated rings. The lowest BCUT2D eigenvalue weighted by molar-refractivity contribution is -0.148. The Morgan fingerprint density at radius 2 is 1.63 bits per heavy atom. The molecule has 6 nitrogen and oxygen atoms in total. The highest BCUT2D eigenvalue weighted by Crippen LogP contribution is 2.28. The van der Waals surface area contributed by atoms with Gasteiger partial charge in [-0.05, 0) is 54.7 Å². The molecular formula is C24H29NO5. The van der Waals surface area contributed by atoms with Crippen LogP contribution in [0.25, 0.3) is 6.08 Å². The maximum atomic E-state index is 12.6. The second kappa shape index (κ2) is 11.0. The molecule has 6 heteroatoms. The molecule has 0 aliphatic rings. The van der Waals surface area contributed by atoms with E-state index >= 15 is 0 Å². The summed E-state index contributed by atoms with van der Waals surface area (Å²) in [5, 5.41) is 2.92. The minimum absolute atomic E-state index is 0.363. The Hall–Kier alpha value is -3.28. The molecule has 0 aliphatic heterocycles. The van der Waals surface area contributed by atoms with Crippen LogP contribution in [0, 0.1) is 0 Å². The molecule has 0 spiro atoms. The molecular weight excluding hydrogens is 382 g/mol. The molecule has 160 valence electrons. The number of hydrogen-bond donors (Lipinski definition) is 1. The summed E-state index contributed by atoms with van der Waals surface area (Å²) in [6.45, 7) is 5.62. The van der Waals surface area contributed by atoms with Crippen molar-refractivity contribution in [1.29, 1.82) is 0 Å². The van der Waals surface area contributed by atoms with E-state index in [0.29, 0.717) is 11.5 Å². The van der Waals surface area contributed by atoms with E-state index in [-0.39, 0.29) is 5.91 Å². The molecule has 2 rings (SSSR count). The number of ether oxygens (including phenoxy) is 3. The van der Waals surface area contributed by atoms with Gasteiger partial charge >= 0.3 is 5.97 Å². The Bertz CT molecular complexity index is 898. The van der Waals surface area contributed by atoms with Crippen molar-refractivity contribution in [2.24, 2.45) is 0 Å². The first-order valence-electron chi connectivity index (χ1n) is 9.95. The molecule has 0 aliphatic carbocycles. The summed E-state index contributed by atoms with van der Waals surface area (Å²) in [5.74, 6) is 0.189.